The summed E-state index contributed by atoms with van der Waals surface area (Å²) in [5, 5.41) is 12.2. The molecule has 2 aromatic carbocycles. The van der Waals surface area contributed by atoms with Crippen molar-refractivity contribution >= 4 is 17.5 Å². The van der Waals surface area contributed by atoms with Gasteiger partial charge in [-0.05, 0) is 48.9 Å². The van der Waals surface area contributed by atoms with E-state index in [1.165, 1.54) is 17.8 Å². The second-order valence-corrected chi connectivity index (χ2v) is 7.78. The van der Waals surface area contributed by atoms with Gasteiger partial charge in [0.15, 0.2) is 0 Å². The Morgan fingerprint density at radius 1 is 1.14 bits per heavy atom. The first-order valence-corrected chi connectivity index (χ1v) is 9.82. The van der Waals surface area contributed by atoms with Gasteiger partial charge in [0.2, 0.25) is 0 Å². The van der Waals surface area contributed by atoms with E-state index in [0.29, 0.717) is 43.1 Å². The number of methoxy groups -OCH3 is 2. The van der Waals surface area contributed by atoms with Gasteiger partial charge in [-0.15, -0.1) is 0 Å². The summed E-state index contributed by atoms with van der Waals surface area (Å²) in [6, 6.07) is 10.6. The number of hydrogen-bond acceptors (Lipinski definition) is 6. The maximum absolute atomic E-state index is 14.4. The fourth-order valence-corrected chi connectivity index (χ4v) is 4.35. The monoisotopic (exact) mass is 405 g/mol. The summed E-state index contributed by atoms with van der Waals surface area (Å²) in [7, 11) is 3.23. The zero-order chi connectivity index (χ0) is 20.1. The van der Waals surface area contributed by atoms with Crippen LogP contribution in [0.25, 0.3) is 0 Å². The van der Waals surface area contributed by atoms with Crippen LogP contribution in [0.1, 0.15) is 30.9 Å². The molecule has 3 rings (SSSR count). The number of benzene rings is 2. The van der Waals surface area contributed by atoms with E-state index in [1.807, 2.05) is 24.3 Å². The molecule has 1 N–H and O–H groups in total. The molecule has 28 heavy (non-hydrogen) atoms. The van der Waals surface area contributed by atoms with Gasteiger partial charge in [-0.2, -0.15) is 0 Å². The molecule has 1 heterocycles. The van der Waals surface area contributed by atoms with Crippen LogP contribution in [0.15, 0.2) is 51.3 Å². The van der Waals surface area contributed by atoms with E-state index in [0.717, 1.165) is 15.4 Å². The van der Waals surface area contributed by atoms with Crippen LogP contribution in [0.4, 0.5) is 4.39 Å². The minimum absolute atomic E-state index is 0.297. The van der Waals surface area contributed by atoms with Crippen molar-refractivity contribution in [3.05, 3.63) is 53.3 Å². The summed E-state index contributed by atoms with van der Waals surface area (Å²) in [5.74, 6) is 0.296. The number of rotatable bonds is 6. The SMILES string of the molecule is COc1cc(Sc2cc(F)cc(C3(OC)CCOCC3)c2)ccc1/C(C)=N\O. The van der Waals surface area contributed by atoms with Crippen molar-refractivity contribution in [3.8, 4) is 5.75 Å². The highest BCUT2D eigenvalue weighted by Crippen LogP contribution is 2.39. The molecule has 0 amide bonds. The highest BCUT2D eigenvalue weighted by atomic mass is 32.2. The van der Waals surface area contributed by atoms with Crippen molar-refractivity contribution in [2.75, 3.05) is 27.4 Å². The molecule has 0 aliphatic carbocycles. The summed E-state index contributed by atoms with van der Waals surface area (Å²) in [4.78, 5) is 1.67. The Balaban J connectivity index is 1.92. The van der Waals surface area contributed by atoms with Crippen molar-refractivity contribution in [1.29, 1.82) is 0 Å². The van der Waals surface area contributed by atoms with Gasteiger partial charge in [0.25, 0.3) is 0 Å². The molecule has 5 nitrogen and oxygen atoms in total. The number of oxime groups is 1. The molecule has 0 atom stereocenters. The predicted octanol–water partition coefficient (Wildman–Crippen LogP) is 4.84. The summed E-state index contributed by atoms with van der Waals surface area (Å²) in [6.45, 7) is 2.89. The predicted molar refractivity (Wildman–Crippen MR) is 106 cm³/mol. The minimum atomic E-state index is -0.522. The second-order valence-electron chi connectivity index (χ2n) is 6.64. The average Bonchev–Trinajstić information content (AvgIpc) is 2.73. The van der Waals surface area contributed by atoms with Crippen LogP contribution >= 0.6 is 11.8 Å². The first-order valence-electron chi connectivity index (χ1n) is 9.00. The van der Waals surface area contributed by atoms with Gasteiger partial charge in [-0.1, -0.05) is 16.9 Å². The summed E-state index contributed by atoms with van der Waals surface area (Å²) in [5.41, 5.74) is 1.47. The summed E-state index contributed by atoms with van der Waals surface area (Å²) < 4.78 is 31.0. The molecule has 0 saturated carbocycles. The molecule has 0 aromatic heterocycles. The zero-order valence-corrected chi connectivity index (χ0v) is 17.0. The van der Waals surface area contributed by atoms with E-state index in [-0.39, 0.29) is 5.82 Å². The Bertz CT molecular complexity index is 865. The first kappa shape index (κ1) is 20.6. The van der Waals surface area contributed by atoms with E-state index in [2.05, 4.69) is 5.16 Å². The maximum Gasteiger partial charge on any atom is 0.129 e. The fourth-order valence-electron chi connectivity index (χ4n) is 3.42. The Kier molecular flexibility index (Phi) is 6.59. The van der Waals surface area contributed by atoms with Gasteiger partial charge >= 0.3 is 0 Å². The van der Waals surface area contributed by atoms with Gasteiger partial charge in [0.05, 0.1) is 18.4 Å². The van der Waals surface area contributed by atoms with Crippen molar-refractivity contribution in [3.63, 3.8) is 0 Å². The van der Waals surface area contributed by atoms with E-state index < -0.39 is 5.60 Å². The Hall–Kier alpha value is -2.09. The molecule has 1 saturated heterocycles. The number of hydrogen-bond donors (Lipinski definition) is 1. The Morgan fingerprint density at radius 3 is 2.54 bits per heavy atom. The van der Waals surface area contributed by atoms with Gasteiger partial charge in [0.1, 0.15) is 11.6 Å². The molecule has 150 valence electrons. The molecule has 0 unspecified atom stereocenters. The van der Waals surface area contributed by atoms with E-state index in [9.17, 15) is 4.39 Å². The smallest absolute Gasteiger partial charge is 0.129 e. The summed E-state index contributed by atoms with van der Waals surface area (Å²) >= 11 is 1.44. The molecule has 7 heteroatoms. The molecular weight excluding hydrogens is 381 g/mol. The van der Waals surface area contributed by atoms with Crippen molar-refractivity contribution in [1.82, 2.24) is 0 Å². The minimum Gasteiger partial charge on any atom is -0.496 e. The quantitative estimate of drug-likeness (QED) is 0.424. The first-order chi connectivity index (χ1) is 13.5. The van der Waals surface area contributed by atoms with Gasteiger partial charge < -0.3 is 19.4 Å². The van der Waals surface area contributed by atoms with E-state index in [1.54, 1.807) is 27.2 Å². The largest absolute Gasteiger partial charge is 0.496 e. The molecule has 0 spiro atoms. The molecule has 1 aliphatic rings. The van der Waals surface area contributed by atoms with Crippen LogP contribution in [0, 0.1) is 5.82 Å². The molecular formula is C21H24FNO4S. The molecule has 1 fully saturated rings. The van der Waals surface area contributed by atoms with Crippen LogP contribution in [0.2, 0.25) is 0 Å². The third-order valence-electron chi connectivity index (χ3n) is 5.04. The number of nitrogens with zero attached hydrogens (tertiary/aromatic N) is 1. The van der Waals surface area contributed by atoms with Crippen LogP contribution in [-0.2, 0) is 15.1 Å². The van der Waals surface area contributed by atoms with E-state index >= 15 is 0 Å². The van der Waals surface area contributed by atoms with Gasteiger partial charge in [-0.25, -0.2) is 4.39 Å². The normalized spacial score (nSPS) is 16.8. The molecule has 0 bridgehead atoms. The van der Waals surface area contributed by atoms with Crippen LogP contribution < -0.4 is 4.74 Å². The lowest BCUT2D eigenvalue weighted by Crippen LogP contribution is -2.35. The van der Waals surface area contributed by atoms with Crippen LogP contribution in [0.5, 0.6) is 5.75 Å². The fraction of sp³-hybridized carbons (Fsp3) is 0.381. The Labute approximate surface area is 168 Å². The van der Waals surface area contributed by atoms with Crippen LogP contribution in [0.3, 0.4) is 0 Å². The van der Waals surface area contributed by atoms with Gasteiger partial charge in [-0.3, -0.25) is 0 Å². The molecule has 1 aliphatic heterocycles. The lowest BCUT2D eigenvalue weighted by molar-refractivity contribution is -0.0950. The zero-order valence-electron chi connectivity index (χ0n) is 16.2. The highest BCUT2D eigenvalue weighted by Gasteiger charge is 2.35. The third kappa shape index (κ3) is 4.32. The second kappa shape index (κ2) is 8.94. The summed E-state index contributed by atoms with van der Waals surface area (Å²) in [6.07, 6.45) is 1.39. The lowest BCUT2D eigenvalue weighted by atomic mass is 9.86. The average molecular weight is 405 g/mol. The van der Waals surface area contributed by atoms with Crippen molar-refractivity contribution in [2.24, 2.45) is 5.16 Å². The number of ether oxygens (including phenoxy) is 3. The third-order valence-corrected chi connectivity index (χ3v) is 6.00. The van der Waals surface area contributed by atoms with Crippen molar-refractivity contribution in [2.45, 2.75) is 35.2 Å². The van der Waals surface area contributed by atoms with Gasteiger partial charge in [0, 0.05) is 48.5 Å². The van der Waals surface area contributed by atoms with E-state index in [4.69, 9.17) is 19.4 Å². The van der Waals surface area contributed by atoms with Crippen LogP contribution in [-0.4, -0.2) is 38.4 Å². The maximum atomic E-state index is 14.4. The topological polar surface area (TPSA) is 60.3 Å². The lowest BCUT2D eigenvalue weighted by Gasteiger charge is -2.36. The Morgan fingerprint density at radius 2 is 1.89 bits per heavy atom. The highest BCUT2D eigenvalue weighted by molar-refractivity contribution is 7.99. The standard InChI is InChI=1S/C21H24FNO4S/c1-14(23-24)19-5-4-17(13-20(19)25-2)28-18-11-15(10-16(22)12-18)21(26-3)6-8-27-9-7-21/h4-5,10-13,24H,6-9H2,1-3H3/b23-14-. The number of halogens is 1. The molecule has 0 radical (unpaired) electrons. The molecule has 2 aromatic rings. The van der Waals surface area contributed by atoms with Crippen molar-refractivity contribution < 1.29 is 23.8 Å².